The van der Waals surface area contributed by atoms with Crippen LogP contribution >= 0.6 is 0 Å². The summed E-state index contributed by atoms with van der Waals surface area (Å²) in [5, 5.41) is 15.1. The van der Waals surface area contributed by atoms with Crippen molar-refractivity contribution in [1.82, 2.24) is 15.3 Å². The molecule has 2 aromatic rings. The lowest BCUT2D eigenvalue weighted by molar-refractivity contribution is -0.139. The van der Waals surface area contributed by atoms with Gasteiger partial charge in [-0.2, -0.15) is 0 Å². The molecule has 1 aromatic heterocycles. The number of nitrogens with one attached hydrogen (secondary N) is 3. The molecule has 3 rings (SSSR count). The number of carbonyl (C=O) groups excluding carboxylic acids is 2. The second kappa shape index (κ2) is 11.0. The summed E-state index contributed by atoms with van der Waals surface area (Å²) in [7, 11) is 0. The number of carboxylic acid groups (broad SMARTS) is 1. The molecule has 4 N–H and O–H groups in total. The first-order chi connectivity index (χ1) is 16.1. The molecule has 0 fully saturated rings. The molecule has 0 aliphatic carbocycles. The maximum Gasteiger partial charge on any atom is 0.407 e. The number of imidazole rings is 1. The lowest BCUT2D eigenvalue weighted by atomic mass is 9.89. The quantitative estimate of drug-likeness (QED) is 0.386. The number of hydrogen-bond donors (Lipinski definition) is 4. The lowest BCUT2D eigenvalue weighted by Crippen LogP contribution is -2.43. The van der Waals surface area contributed by atoms with Gasteiger partial charge in [0, 0.05) is 25.4 Å². The number of aliphatic carboxylic acids is 1. The number of fused-ring (bicyclic) bond motifs is 1. The van der Waals surface area contributed by atoms with Gasteiger partial charge >= 0.3 is 12.1 Å². The number of carbonyl (C=O) groups is 3. The van der Waals surface area contributed by atoms with Crippen molar-refractivity contribution < 1.29 is 29.0 Å². The highest BCUT2D eigenvalue weighted by Crippen LogP contribution is 2.30. The molecule has 1 aliphatic heterocycles. The van der Waals surface area contributed by atoms with Crippen LogP contribution in [-0.4, -0.2) is 58.7 Å². The number of aromatic nitrogens is 2. The van der Waals surface area contributed by atoms with Crippen molar-refractivity contribution in [1.29, 1.82) is 0 Å². The Balaban J connectivity index is 1.58. The molecule has 184 valence electrons. The standard InChI is InChI=1S/C24H32N4O6/c1-24(2,3)14-34-23(32)28-18(21(30)31)12-15-6-7-19-17(11-15)20(29)16(13-33-19)5-4-8-25-22-26-9-10-27-22/h6-7,9-11,16,18H,4-5,8,12-14H2,1-3H3,(H,28,32)(H,30,31)(H2,25,26,27). The summed E-state index contributed by atoms with van der Waals surface area (Å²) in [5.41, 5.74) is 0.812. The summed E-state index contributed by atoms with van der Waals surface area (Å²) < 4.78 is 10.9. The Morgan fingerprint density at radius 3 is 2.82 bits per heavy atom. The summed E-state index contributed by atoms with van der Waals surface area (Å²) in [5.74, 6) is -0.310. The molecule has 10 nitrogen and oxygen atoms in total. The van der Waals surface area contributed by atoms with Crippen molar-refractivity contribution >= 4 is 23.8 Å². The zero-order chi connectivity index (χ0) is 24.7. The number of aromatic amines is 1. The molecule has 2 heterocycles. The van der Waals surface area contributed by atoms with E-state index in [1.807, 2.05) is 20.8 Å². The van der Waals surface area contributed by atoms with Gasteiger partial charge in [0.15, 0.2) is 11.7 Å². The molecule has 1 aliphatic rings. The van der Waals surface area contributed by atoms with Crippen LogP contribution < -0.4 is 15.4 Å². The highest BCUT2D eigenvalue weighted by Gasteiger charge is 2.30. The molecule has 1 aromatic carbocycles. The Labute approximate surface area is 198 Å². The van der Waals surface area contributed by atoms with Crippen LogP contribution in [0.3, 0.4) is 0 Å². The van der Waals surface area contributed by atoms with E-state index in [9.17, 15) is 19.5 Å². The summed E-state index contributed by atoms with van der Waals surface area (Å²) in [4.78, 5) is 43.8. The van der Waals surface area contributed by atoms with Crippen LogP contribution in [0.5, 0.6) is 5.75 Å². The average molecular weight is 473 g/mol. The fourth-order valence-electron chi connectivity index (χ4n) is 3.54. The van der Waals surface area contributed by atoms with Gasteiger partial charge in [-0.1, -0.05) is 26.8 Å². The number of benzene rings is 1. The maximum absolute atomic E-state index is 13.0. The van der Waals surface area contributed by atoms with Gasteiger partial charge in [-0.3, -0.25) is 4.79 Å². The molecular formula is C24H32N4O6. The van der Waals surface area contributed by atoms with Crippen LogP contribution in [0.15, 0.2) is 30.6 Å². The third kappa shape index (κ3) is 7.23. The monoisotopic (exact) mass is 472 g/mol. The van der Waals surface area contributed by atoms with Gasteiger partial charge in [-0.25, -0.2) is 14.6 Å². The van der Waals surface area contributed by atoms with Gasteiger partial charge in [0.2, 0.25) is 0 Å². The normalized spacial score (nSPS) is 16.2. The highest BCUT2D eigenvalue weighted by molar-refractivity contribution is 6.01. The molecule has 1 amide bonds. The van der Waals surface area contributed by atoms with E-state index < -0.39 is 18.1 Å². The Hall–Kier alpha value is -3.56. The first-order valence-electron chi connectivity index (χ1n) is 11.3. The largest absolute Gasteiger partial charge is 0.492 e. The van der Waals surface area contributed by atoms with Gasteiger partial charge < -0.3 is 30.2 Å². The van der Waals surface area contributed by atoms with Crippen LogP contribution in [0.25, 0.3) is 0 Å². The Bertz CT molecular complexity index is 999. The molecule has 10 heteroatoms. The molecule has 0 bridgehead atoms. The van der Waals surface area contributed by atoms with Crippen LogP contribution in [0.1, 0.15) is 49.5 Å². The minimum atomic E-state index is -1.19. The predicted molar refractivity (Wildman–Crippen MR) is 125 cm³/mol. The molecule has 0 spiro atoms. The average Bonchev–Trinajstić information content (AvgIpc) is 3.29. The molecule has 2 atom stereocenters. The minimum absolute atomic E-state index is 0.0121. The number of hydrogen-bond acceptors (Lipinski definition) is 7. The second-order valence-corrected chi connectivity index (χ2v) is 9.59. The van der Waals surface area contributed by atoms with Gasteiger partial charge in [0.1, 0.15) is 11.8 Å². The number of nitrogens with zero attached hydrogens (tertiary/aromatic N) is 1. The number of amides is 1. The first-order valence-corrected chi connectivity index (χ1v) is 11.3. The minimum Gasteiger partial charge on any atom is -0.492 e. The summed E-state index contributed by atoms with van der Waals surface area (Å²) in [6.07, 6.45) is 4.02. The third-order valence-electron chi connectivity index (χ3n) is 5.31. The van der Waals surface area contributed by atoms with Gasteiger partial charge in [0.25, 0.3) is 0 Å². The van der Waals surface area contributed by atoms with Gasteiger partial charge in [-0.05, 0) is 36.0 Å². The highest BCUT2D eigenvalue weighted by atomic mass is 16.5. The van der Waals surface area contributed by atoms with E-state index in [4.69, 9.17) is 9.47 Å². The van der Waals surface area contributed by atoms with Gasteiger partial charge in [-0.15, -0.1) is 0 Å². The van der Waals surface area contributed by atoms with Crippen molar-refractivity contribution in [2.24, 2.45) is 11.3 Å². The van der Waals surface area contributed by atoms with Crippen molar-refractivity contribution in [2.75, 3.05) is 25.1 Å². The number of carboxylic acids is 1. The summed E-state index contributed by atoms with van der Waals surface area (Å²) in [6, 6.07) is 3.85. The molecule has 0 saturated carbocycles. The molecule has 0 radical (unpaired) electrons. The number of anilines is 1. The Morgan fingerprint density at radius 1 is 1.35 bits per heavy atom. The zero-order valence-electron chi connectivity index (χ0n) is 19.7. The SMILES string of the molecule is CC(C)(C)COC(=O)NC(Cc1ccc2c(c1)C(=O)C(CCCNc1ncc[nH]1)CO2)C(=O)O. The summed E-state index contributed by atoms with van der Waals surface area (Å²) >= 11 is 0. The van der Waals surface area contributed by atoms with E-state index in [-0.39, 0.29) is 30.1 Å². The van der Waals surface area contributed by atoms with E-state index in [0.29, 0.717) is 42.4 Å². The number of H-pyrrole nitrogens is 1. The fraction of sp³-hybridized carbons (Fsp3) is 0.500. The topological polar surface area (TPSA) is 143 Å². The van der Waals surface area contributed by atoms with E-state index in [1.165, 1.54) is 0 Å². The van der Waals surface area contributed by atoms with Crippen molar-refractivity contribution in [3.05, 3.63) is 41.7 Å². The lowest BCUT2D eigenvalue weighted by Gasteiger charge is -2.25. The van der Waals surface area contributed by atoms with Crippen molar-refractivity contribution in [2.45, 2.75) is 46.1 Å². The van der Waals surface area contributed by atoms with E-state index in [0.717, 1.165) is 6.42 Å². The molecular weight excluding hydrogens is 440 g/mol. The van der Waals surface area contributed by atoms with Gasteiger partial charge in [0.05, 0.1) is 24.7 Å². The van der Waals surface area contributed by atoms with Crippen molar-refractivity contribution in [3.8, 4) is 5.75 Å². The smallest absolute Gasteiger partial charge is 0.407 e. The fourth-order valence-corrected chi connectivity index (χ4v) is 3.54. The zero-order valence-corrected chi connectivity index (χ0v) is 19.7. The maximum atomic E-state index is 13.0. The summed E-state index contributed by atoms with van der Waals surface area (Å²) in [6.45, 7) is 6.86. The number of ketones is 1. The van der Waals surface area contributed by atoms with Crippen LogP contribution in [-0.2, 0) is 16.0 Å². The van der Waals surface area contributed by atoms with E-state index in [1.54, 1.807) is 30.6 Å². The number of Topliss-reactive ketones (excluding diaryl/α,β-unsaturated/α-hetero) is 1. The number of alkyl carbamates (subject to hydrolysis) is 1. The first kappa shape index (κ1) is 25.1. The molecule has 2 unspecified atom stereocenters. The van der Waals surface area contributed by atoms with Crippen molar-refractivity contribution in [3.63, 3.8) is 0 Å². The van der Waals surface area contributed by atoms with E-state index >= 15 is 0 Å². The molecule has 34 heavy (non-hydrogen) atoms. The Morgan fingerprint density at radius 2 is 2.15 bits per heavy atom. The second-order valence-electron chi connectivity index (χ2n) is 9.59. The van der Waals surface area contributed by atoms with Crippen LogP contribution in [0.4, 0.5) is 10.7 Å². The number of rotatable bonds is 10. The van der Waals surface area contributed by atoms with E-state index in [2.05, 4.69) is 20.6 Å². The van der Waals surface area contributed by atoms with Crippen LogP contribution in [0, 0.1) is 11.3 Å². The third-order valence-corrected chi connectivity index (χ3v) is 5.31. The van der Waals surface area contributed by atoms with Crippen LogP contribution in [0.2, 0.25) is 0 Å². The Kier molecular flexibility index (Phi) is 8.14. The molecule has 0 saturated heterocycles. The predicted octanol–water partition coefficient (Wildman–Crippen LogP) is 3.26. The number of ether oxygens (including phenoxy) is 2.